The van der Waals surface area contributed by atoms with Gasteiger partial charge in [-0.3, -0.25) is 10.1 Å². The fraction of sp³-hybridized carbons (Fsp3) is 0.200. The fourth-order valence-electron chi connectivity index (χ4n) is 2.56. The maximum atomic E-state index is 11.2. The van der Waals surface area contributed by atoms with Crippen LogP contribution in [-0.4, -0.2) is 26.6 Å². The number of anilines is 1. The quantitative estimate of drug-likeness (QED) is 0.450. The zero-order chi connectivity index (χ0) is 16.6. The van der Waals surface area contributed by atoms with Gasteiger partial charge >= 0.3 is 0 Å². The van der Waals surface area contributed by atoms with Crippen LogP contribution < -0.4 is 10.5 Å². The molecule has 2 N–H and O–H groups in total. The predicted octanol–water partition coefficient (Wildman–Crippen LogP) is 2.46. The molecule has 0 fully saturated rings. The maximum absolute atomic E-state index is 11.2. The number of nitro benzene ring substituents is 1. The van der Waals surface area contributed by atoms with Crippen LogP contribution in [0.15, 0.2) is 30.7 Å². The Hall–Kier alpha value is -3.16. The van der Waals surface area contributed by atoms with Gasteiger partial charge in [-0.2, -0.15) is 5.10 Å². The summed E-state index contributed by atoms with van der Waals surface area (Å²) < 4.78 is 6.92. The predicted molar refractivity (Wildman–Crippen MR) is 85.4 cm³/mol. The van der Waals surface area contributed by atoms with Crippen molar-refractivity contribution in [3.63, 3.8) is 0 Å². The molecule has 0 aliphatic heterocycles. The van der Waals surface area contributed by atoms with Crippen molar-refractivity contribution >= 4 is 17.0 Å². The summed E-state index contributed by atoms with van der Waals surface area (Å²) in [4.78, 5) is 14.8. The number of aromatic nitrogens is 3. The number of benzene rings is 1. The Kier molecular flexibility index (Phi) is 3.57. The van der Waals surface area contributed by atoms with Gasteiger partial charge in [-0.1, -0.05) is 6.92 Å². The molecular weight excluding hydrogens is 298 g/mol. The Labute approximate surface area is 131 Å². The van der Waals surface area contributed by atoms with E-state index >= 15 is 0 Å². The normalized spacial score (nSPS) is 10.9. The highest BCUT2D eigenvalue weighted by Crippen LogP contribution is 2.35. The lowest BCUT2D eigenvalue weighted by molar-refractivity contribution is -0.383. The Morgan fingerprint density at radius 3 is 2.83 bits per heavy atom. The summed E-state index contributed by atoms with van der Waals surface area (Å²) in [5, 5.41) is 15.3. The summed E-state index contributed by atoms with van der Waals surface area (Å²) in [6.07, 6.45) is 3.88. The maximum Gasteiger partial charge on any atom is 0.292 e. The van der Waals surface area contributed by atoms with E-state index in [1.807, 2.05) is 6.92 Å². The van der Waals surface area contributed by atoms with Crippen LogP contribution in [0.4, 0.5) is 11.4 Å². The van der Waals surface area contributed by atoms with Crippen LogP contribution >= 0.6 is 0 Å². The van der Waals surface area contributed by atoms with Crippen LogP contribution in [0, 0.1) is 10.1 Å². The molecule has 23 heavy (non-hydrogen) atoms. The van der Waals surface area contributed by atoms with Gasteiger partial charge in [0.05, 0.1) is 12.0 Å². The van der Waals surface area contributed by atoms with E-state index in [1.54, 1.807) is 30.0 Å². The lowest BCUT2D eigenvalue weighted by Gasteiger charge is -2.11. The second kappa shape index (κ2) is 5.56. The first-order chi connectivity index (χ1) is 11.0. The van der Waals surface area contributed by atoms with Gasteiger partial charge < -0.3 is 10.5 Å². The molecule has 8 nitrogen and oxygen atoms in total. The Balaban J connectivity index is 2.28. The molecule has 0 saturated heterocycles. The third kappa shape index (κ3) is 2.44. The van der Waals surface area contributed by atoms with Gasteiger partial charge in [0.1, 0.15) is 12.0 Å². The number of methoxy groups -OCH3 is 1. The molecular formula is C15H15N5O3. The minimum Gasteiger partial charge on any atom is -0.493 e. The first kappa shape index (κ1) is 14.8. The third-order valence-corrected chi connectivity index (χ3v) is 3.70. The molecule has 8 heteroatoms. The van der Waals surface area contributed by atoms with Crippen LogP contribution in [0.25, 0.3) is 16.8 Å². The van der Waals surface area contributed by atoms with Crippen LogP contribution in [-0.2, 0) is 6.42 Å². The van der Waals surface area contributed by atoms with Gasteiger partial charge in [0.15, 0.2) is 11.4 Å². The smallest absolute Gasteiger partial charge is 0.292 e. The molecule has 0 amide bonds. The number of hydrogen-bond donors (Lipinski definition) is 1. The number of hydrogen-bond acceptors (Lipinski definition) is 6. The van der Waals surface area contributed by atoms with E-state index < -0.39 is 4.92 Å². The molecule has 0 aliphatic carbocycles. The van der Waals surface area contributed by atoms with Crippen molar-refractivity contribution in [2.75, 3.05) is 12.8 Å². The van der Waals surface area contributed by atoms with E-state index in [0.29, 0.717) is 17.8 Å². The summed E-state index contributed by atoms with van der Waals surface area (Å²) in [6.45, 7) is 1.97. The highest BCUT2D eigenvalue weighted by Gasteiger charge is 2.18. The Bertz CT molecular complexity index is 904. The van der Waals surface area contributed by atoms with Gasteiger partial charge in [-0.25, -0.2) is 9.50 Å². The van der Waals surface area contributed by atoms with Crippen LogP contribution in [0.2, 0.25) is 0 Å². The molecule has 2 heterocycles. The molecule has 2 aromatic heterocycles. The van der Waals surface area contributed by atoms with Gasteiger partial charge in [-0.15, -0.1) is 0 Å². The van der Waals surface area contributed by atoms with Crippen molar-refractivity contribution in [3.05, 3.63) is 46.4 Å². The summed E-state index contributed by atoms with van der Waals surface area (Å²) in [5.41, 5.74) is 8.79. The molecule has 0 radical (unpaired) electrons. The summed E-state index contributed by atoms with van der Waals surface area (Å²) in [6, 6.07) is 4.93. The largest absolute Gasteiger partial charge is 0.493 e. The minimum atomic E-state index is -0.483. The van der Waals surface area contributed by atoms with E-state index in [4.69, 9.17) is 10.5 Å². The van der Waals surface area contributed by atoms with Crippen molar-refractivity contribution in [1.29, 1.82) is 0 Å². The molecule has 3 rings (SSSR count). The summed E-state index contributed by atoms with van der Waals surface area (Å²) >= 11 is 0. The van der Waals surface area contributed by atoms with E-state index in [2.05, 4.69) is 10.1 Å². The van der Waals surface area contributed by atoms with Crippen molar-refractivity contribution in [1.82, 2.24) is 14.6 Å². The van der Waals surface area contributed by atoms with Gasteiger partial charge in [0.25, 0.3) is 5.69 Å². The van der Waals surface area contributed by atoms with E-state index in [9.17, 15) is 10.1 Å². The van der Waals surface area contributed by atoms with Crippen molar-refractivity contribution in [2.24, 2.45) is 0 Å². The zero-order valence-electron chi connectivity index (χ0n) is 12.7. The number of pyridine rings is 1. The number of aryl methyl sites for hydroxylation is 1. The lowest BCUT2D eigenvalue weighted by Crippen LogP contribution is -2.00. The molecule has 0 bridgehead atoms. The van der Waals surface area contributed by atoms with Crippen molar-refractivity contribution < 1.29 is 9.66 Å². The summed E-state index contributed by atoms with van der Waals surface area (Å²) in [7, 11) is 1.54. The molecule has 0 atom stereocenters. The molecule has 118 valence electrons. The van der Waals surface area contributed by atoms with Crippen LogP contribution in [0.3, 0.4) is 0 Å². The molecule has 0 spiro atoms. The van der Waals surface area contributed by atoms with Gasteiger partial charge in [0, 0.05) is 17.8 Å². The highest BCUT2D eigenvalue weighted by atomic mass is 16.6. The average Bonchev–Trinajstić information content (AvgIpc) is 3.01. The second-order valence-corrected chi connectivity index (χ2v) is 5.00. The molecule has 0 saturated carbocycles. The zero-order valence-corrected chi connectivity index (χ0v) is 12.7. The SMILES string of the molecule is CCc1cc(N)c([N+](=O)[O-])cc1-c1cc(OC)c2ncnn2c1. The first-order valence-corrected chi connectivity index (χ1v) is 6.99. The van der Waals surface area contributed by atoms with Crippen LogP contribution in [0.1, 0.15) is 12.5 Å². The number of nitrogens with two attached hydrogens (primary N) is 1. The minimum absolute atomic E-state index is 0.116. The average molecular weight is 313 g/mol. The fourth-order valence-corrected chi connectivity index (χ4v) is 2.56. The molecule has 3 aromatic rings. The standard InChI is InChI=1S/C15H15N5O3/c1-3-9-4-12(16)13(20(21)22)6-11(9)10-5-14(23-2)15-17-8-18-19(15)7-10/h4-8H,3,16H2,1-2H3. The summed E-state index contributed by atoms with van der Waals surface area (Å²) in [5.74, 6) is 0.543. The molecule has 0 aliphatic rings. The highest BCUT2D eigenvalue weighted by molar-refractivity contribution is 5.77. The van der Waals surface area contributed by atoms with E-state index in [1.165, 1.54) is 12.4 Å². The van der Waals surface area contributed by atoms with E-state index in [-0.39, 0.29) is 11.4 Å². The second-order valence-electron chi connectivity index (χ2n) is 5.00. The number of nitrogen functional groups attached to an aromatic ring is 1. The van der Waals surface area contributed by atoms with Gasteiger partial charge in [0.2, 0.25) is 0 Å². The first-order valence-electron chi connectivity index (χ1n) is 6.99. The lowest BCUT2D eigenvalue weighted by atomic mass is 9.97. The number of fused-ring (bicyclic) bond motifs is 1. The van der Waals surface area contributed by atoms with Crippen LogP contribution in [0.5, 0.6) is 5.75 Å². The Morgan fingerprint density at radius 2 is 2.17 bits per heavy atom. The van der Waals surface area contributed by atoms with Crippen molar-refractivity contribution in [3.8, 4) is 16.9 Å². The van der Waals surface area contributed by atoms with Gasteiger partial charge in [-0.05, 0) is 29.7 Å². The van der Waals surface area contributed by atoms with Crippen molar-refractivity contribution in [2.45, 2.75) is 13.3 Å². The number of ether oxygens (including phenoxy) is 1. The Morgan fingerprint density at radius 1 is 1.39 bits per heavy atom. The molecule has 1 aromatic carbocycles. The number of rotatable bonds is 4. The number of nitrogens with zero attached hydrogens (tertiary/aromatic N) is 4. The third-order valence-electron chi connectivity index (χ3n) is 3.70. The monoisotopic (exact) mass is 313 g/mol. The molecule has 0 unspecified atom stereocenters. The van der Waals surface area contributed by atoms with E-state index in [0.717, 1.165) is 16.7 Å². The number of nitro groups is 1. The topological polar surface area (TPSA) is 109 Å².